The topological polar surface area (TPSA) is 58.1 Å². The molecule has 1 N–H and O–H groups in total. The third-order valence-electron chi connectivity index (χ3n) is 3.43. The molecular formula is C14H16N4OS. The predicted octanol–water partition coefficient (Wildman–Crippen LogP) is 2.25. The molecule has 1 amide bonds. The van der Waals surface area contributed by atoms with E-state index in [-0.39, 0.29) is 5.91 Å². The summed E-state index contributed by atoms with van der Waals surface area (Å²) < 4.78 is 3.75. The quantitative estimate of drug-likeness (QED) is 0.941. The Kier molecular flexibility index (Phi) is 3.92. The summed E-state index contributed by atoms with van der Waals surface area (Å²) in [6.45, 7) is 1.51. The van der Waals surface area contributed by atoms with Crippen molar-refractivity contribution < 1.29 is 4.79 Å². The maximum atomic E-state index is 12.3. The van der Waals surface area contributed by atoms with Gasteiger partial charge in [-0.1, -0.05) is 22.7 Å². The minimum atomic E-state index is -0.0155. The van der Waals surface area contributed by atoms with E-state index in [4.69, 9.17) is 0 Å². The molecular weight excluding hydrogens is 272 g/mol. The molecule has 0 aliphatic carbocycles. The Hall–Kier alpha value is -1.95. The van der Waals surface area contributed by atoms with E-state index in [2.05, 4.69) is 14.9 Å². The summed E-state index contributed by atoms with van der Waals surface area (Å²) >= 11 is 1.21. The van der Waals surface area contributed by atoms with E-state index in [1.165, 1.54) is 11.5 Å². The van der Waals surface area contributed by atoms with E-state index in [0.717, 1.165) is 25.1 Å². The Labute approximate surface area is 121 Å². The fraction of sp³-hybridized carbons (Fsp3) is 0.357. The number of para-hydroxylation sites is 1. The summed E-state index contributed by atoms with van der Waals surface area (Å²) in [5.74, 6) is -0.0155. The first-order valence-corrected chi connectivity index (χ1v) is 7.54. The second kappa shape index (κ2) is 6.00. The smallest absolute Gasteiger partial charge is 0.275 e. The molecule has 2 heterocycles. The zero-order valence-electron chi connectivity index (χ0n) is 11.0. The maximum absolute atomic E-state index is 12.3. The van der Waals surface area contributed by atoms with Crippen LogP contribution >= 0.6 is 11.5 Å². The maximum Gasteiger partial charge on any atom is 0.275 e. The summed E-state index contributed by atoms with van der Waals surface area (Å²) in [6.07, 6.45) is 2.09. The fourth-order valence-corrected chi connectivity index (χ4v) is 2.90. The second-order valence-electron chi connectivity index (χ2n) is 4.89. The molecule has 1 fully saturated rings. The molecule has 3 rings (SSSR count). The van der Waals surface area contributed by atoms with Gasteiger partial charge in [-0.25, -0.2) is 0 Å². The van der Waals surface area contributed by atoms with Gasteiger partial charge >= 0.3 is 0 Å². The number of nitrogens with zero attached hydrogens (tertiary/aromatic N) is 3. The highest BCUT2D eigenvalue weighted by Crippen LogP contribution is 2.17. The number of anilines is 1. The van der Waals surface area contributed by atoms with Crippen molar-refractivity contribution in [2.75, 3.05) is 18.4 Å². The number of benzene rings is 1. The van der Waals surface area contributed by atoms with Crippen LogP contribution in [0.2, 0.25) is 0 Å². The van der Waals surface area contributed by atoms with Crippen LogP contribution < -0.4 is 5.32 Å². The van der Waals surface area contributed by atoms with Crippen molar-refractivity contribution in [3.05, 3.63) is 41.4 Å². The first kappa shape index (κ1) is 13.1. The number of hydrogen-bond donors (Lipinski definition) is 1. The lowest BCUT2D eigenvalue weighted by Crippen LogP contribution is -2.45. The van der Waals surface area contributed by atoms with Crippen LogP contribution in [0.4, 0.5) is 5.69 Å². The van der Waals surface area contributed by atoms with Crippen molar-refractivity contribution in [1.29, 1.82) is 0 Å². The van der Waals surface area contributed by atoms with E-state index in [1.54, 1.807) is 5.38 Å². The number of nitrogens with one attached hydrogen (secondary N) is 1. The molecule has 1 saturated heterocycles. The van der Waals surface area contributed by atoms with Crippen LogP contribution in [-0.4, -0.2) is 39.5 Å². The van der Waals surface area contributed by atoms with Crippen molar-refractivity contribution in [2.24, 2.45) is 0 Å². The summed E-state index contributed by atoms with van der Waals surface area (Å²) in [4.78, 5) is 14.1. The molecule has 1 aromatic heterocycles. The van der Waals surface area contributed by atoms with E-state index in [1.807, 2.05) is 35.2 Å². The number of amides is 1. The van der Waals surface area contributed by atoms with Crippen molar-refractivity contribution >= 4 is 23.1 Å². The van der Waals surface area contributed by atoms with Gasteiger partial charge in [0.15, 0.2) is 5.69 Å². The summed E-state index contributed by atoms with van der Waals surface area (Å²) in [6, 6.07) is 10.4. The van der Waals surface area contributed by atoms with Crippen LogP contribution in [0.25, 0.3) is 0 Å². The standard InChI is InChI=1S/C14H16N4OS/c19-14(13-10-20-17-16-13)18-8-4-7-12(9-18)15-11-5-2-1-3-6-11/h1-3,5-6,10,12,15H,4,7-9H2/t12-/m0/s1. The Morgan fingerprint density at radius 1 is 1.35 bits per heavy atom. The van der Waals surface area contributed by atoms with E-state index < -0.39 is 0 Å². The Morgan fingerprint density at radius 2 is 2.20 bits per heavy atom. The normalized spacial score (nSPS) is 18.8. The number of carbonyl (C=O) groups is 1. The fourth-order valence-electron chi connectivity index (χ4n) is 2.47. The molecule has 0 spiro atoms. The molecule has 104 valence electrons. The Morgan fingerprint density at radius 3 is 2.95 bits per heavy atom. The monoisotopic (exact) mass is 288 g/mol. The van der Waals surface area contributed by atoms with Gasteiger partial charge in [-0.3, -0.25) is 4.79 Å². The van der Waals surface area contributed by atoms with Crippen molar-refractivity contribution in [1.82, 2.24) is 14.5 Å². The molecule has 0 unspecified atom stereocenters. The van der Waals surface area contributed by atoms with E-state index in [9.17, 15) is 4.79 Å². The van der Waals surface area contributed by atoms with Gasteiger partial charge in [0, 0.05) is 30.2 Å². The zero-order chi connectivity index (χ0) is 13.8. The van der Waals surface area contributed by atoms with Gasteiger partial charge in [0.1, 0.15) is 0 Å². The number of aromatic nitrogens is 2. The van der Waals surface area contributed by atoms with Gasteiger partial charge < -0.3 is 10.2 Å². The van der Waals surface area contributed by atoms with Crippen LogP contribution in [0.3, 0.4) is 0 Å². The molecule has 2 aromatic rings. The van der Waals surface area contributed by atoms with Crippen molar-refractivity contribution in [3.8, 4) is 0 Å². The first-order valence-electron chi connectivity index (χ1n) is 6.71. The third kappa shape index (κ3) is 2.96. The molecule has 1 aliphatic heterocycles. The molecule has 1 atom stereocenters. The highest BCUT2D eigenvalue weighted by Gasteiger charge is 2.25. The summed E-state index contributed by atoms with van der Waals surface area (Å²) in [5.41, 5.74) is 1.55. The van der Waals surface area contributed by atoms with Gasteiger partial charge in [-0.2, -0.15) is 0 Å². The van der Waals surface area contributed by atoms with Gasteiger partial charge in [0.05, 0.1) is 0 Å². The molecule has 6 heteroatoms. The summed E-state index contributed by atoms with van der Waals surface area (Å²) in [7, 11) is 0. The van der Waals surface area contributed by atoms with Gasteiger partial charge in [0.25, 0.3) is 5.91 Å². The zero-order valence-corrected chi connectivity index (χ0v) is 11.8. The second-order valence-corrected chi connectivity index (χ2v) is 5.50. The van der Waals surface area contributed by atoms with Crippen LogP contribution in [0.5, 0.6) is 0 Å². The lowest BCUT2D eigenvalue weighted by atomic mass is 10.0. The number of likely N-dealkylation sites (tertiary alicyclic amines) is 1. The van der Waals surface area contributed by atoms with Crippen molar-refractivity contribution in [3.63, 3.8) is 0 Å². The molecule has 5 nitrogen and oxygen atoms in total. The highest BCUT2D eigenvalue weighted by molar-refractivity contribution is 7.03. The average molecular weight is 288 g/mol. The summed E-state index contributed by atoms with van der Waals surface area (Å²) in [5, 5.41) is 9.05. The number of hydrogen-bond acceptors (Lipinski definition) is 5. The lowest BCUT2D eigenvalue weighted by Gasteiger charge is -2.33. The van der Waals surface area contributed by atoms with Crippen LogP contribution in [0, 0.1) is 0 Å². The molecule has 0 radical (unpaired) electrons. The number of carbonyl (C=O) groups excluding carboxylic acids is 1. The largest absolute Gasteiger partial charge is 0.381 e. The lowest BCUT2D eigenvalue weighted by molar-refractivity contribution is 0.0709. The van der Waals surface area contributed by atoms with Gasteiger partial charge in [-0.15, -0.1) is 5.10 Å². The average Bonchev–Trinajstić information content (AvgIpc) is 3.02. The van der Waals surface area contributed by atoms with Crippen LogP contribution in [0.1, 0.15) is 23.3 Å². The molecule has 1 aliphatic rings. The van der Waals surface area contributed by atoms with E-state index in [0.29, 0.717) is 18.3 Å². The molecule has 0 bridgehead atoms. The highest BCUT2D eigenvalue weighted by atomic mass is 32.1. The third-order valence-corrected chi connectivity index (χ3v) is 3.94. The van der Waals surface area contributed by atoms with Gasteiger partial charge in [-0.05, 0) is 36.5 Å². The predicted molar refractivity (Wildman–Crippen MR) is 78.9 cm³/mol. The van der Waals surface area contributed by atoms with Gasteiger partial charge in [0.2, 0.25) is 0 Å². The SMILES string of the molecule is O=C(c1csnn1)N1CCC[C@H](Nc2ccccc2)C1. The number of piperidine rings is 1. The van der Waals surface area contributed by atoms with E-state index >= 15 is 0 Å². The Bertz CT molecular complexity index is 558. The first-order chi connectivity index (χ1) is 9.83. The molecule has 20 heavy (non-hydrogen) atoms. The van der Waals surface area contributed by atoms with Crippen molar-refractivity contribution in [2.45, 2.75) is 18.9 Å². The molecule has 1 aromatic carbocycles. The van der Waals surface area contributed by atoms with Crippen LogP contribution in [-0.2, 0) is 0 Å². The minimum absolute atomic E-state index is 0.0155. The number of rotatable bonds is 3. The van der Waals surface area contributed by atoms with Crippen LogP contribution in [0.15, 0.2) is 35.7 Å². The molecule has 0 saturated carbocycles. The Balaban J connectivity index is 1.63. The minimum Gasteiger partial charge on any atom is -0.381 e.